The molecule has 0 unspecified atom stereocenters. The predicted octanol–water partition coefficient (Wildman–Crippen LogP) is 3.65. The van der Waals surface area contributed by atoms with Crippen molar-refractivity contribution in [2.75, 3.05) is 12.4 Å². The number of benzene rings is 1. The number of ether oxygens (including phenoxy) is 1. The maximum Gasteiger partial charge on any atom is 0.435 e. The van der Waals surface area contributed by atoms with Crippen LogP contribution in [0.1, 0.15) is 11.1 Å². The van der Waals surface area contributed by atoms with Crippen LogP contribution in [-0.4, -0.2) is 30.7 Å². The second kappa shape index (κ2) is 6.22. The molecule has 1 rings (SSSR count). The average molecular weight is 349 g/mol. The number of aliphatic hydroxyl groups is 1. The minimum absolute atomic E-state index is 0.173. The Labute approximate surface area is 124 Å². The van der Waals surface area contributed by atoms with E-state index in [2.05, 4.69) is 4.74 Å². The monoisotopic (exact) mass is 349 g/mol. The van der Waals surface area contributed by atoms with Crippen molar-refractivity contribution >= 4 is 11.8 Å². The molecule has 0 atom stereocenters. The zero-order valence-electron chi connectivity index (χ0n) is 11.3. The molecule has 4 nitrogen and oxygen atoms in total. The highest BCUT2D eigenvalue weighted by molar-refractivity contribution is 5.85. The van der Waals surface area contributed by atoms with Gasteiger partial charge in [-0.05, 0) is 12.1 Å². The Balaban J connectivity index is 3.45. The van der Waals surface area contributed by atoms with Crippen LogP contribution >= 0.6 is 0 Å². The quantitative estimate of drug-likeness (QED) is 0.819. The van der Waals surface area contributed by atoms with Gasteiger partial charge < -0.3 is 9.84 Å². The van der Waals surface area contributed by atoms with Gasteiger partial charge in [0.15, 0.2) is 0 Å². The summed E-state index contributed by atoms with van der Waals surface area (Å²) in [6, 6.07) is 0.987. The van der Waals surface area contributed by atoms with Gasteiger partial charge in [0, 0.05) is 16.8 Å². The molecule has 0 fully saturated rings. The maximum absolute atomic E-state index is 13.9. The summed E-state index contributed by atoms with van der Waals surface area (Å²) in [5, 5.41) is 11.0. The average Bonchev–Trinajstić information content (AvgIpc) is 2.44. The molecule has 0 aliphatic rings. The van der Waals surface area contributed by atoms with E-state index in [1.165, 1.54) is 0 Å². The second-order valence-electron chi connectivity index (χ2n) is 4.30. The van der Waals surface area contributed by atoms with E-state index in [4.69, 9.17) is 5.11 Å². The van der Waals surface area contributed by atoms with Gasteiger partial charge in [-0.25, -0.2) is 9.18 Å². The zero-order valence-corrected chi connectivity index (χ0v) is 11.3. The number of hydrogen-bond donors (Lipinski definition) is 2. The van der Waals surface area contributed by atoms with Gasteiger partial charge in [-0.15, -0.1) is 0 Å². The van der Waals surface area contributed by atoms with Crippen LogP contribution in [0.25, 0.3) is 0 Å². The van der Waals surface area contributed by atoms with E-state index in [0.717, 1.165) is 7.11 Å². The van der Waals surface area contributed by atoms with E-state index in [0.29, 0.717) is 6.07 Å². The largest absolute Gasteiger partial charge is 0.453 e. The van der Waals surface area contributed by atoms with E-state index in [1.807, 2.05) is 5.32 Å². The Morgan fingerprint density at radius 2 is 1.65 bits per heavy atom. The maximum atomic E-state index is 13.9. The highest BCUT2D eigenvalue weighted by atomic mass is 19.4. The molecule has 1 amide bonds. The van der Waals surface area contributed by atoms with Crippen molar-refractivity contribution < 1.29 is 45.4 Å². The van der Waals surface area contributed by atoms with E-state index in [9.17, 15) is 35.5 Å². The lowest BCUT2D eigenvalue weighted by molar-refractivity contribution is -0.348. The summed E-state index contributed by atoms with van der Waals surface area (Å²) in [5.41, 5.74) is -8.26. The predicted molar refractivity (Wildman–Crippen MR) is 63.3 cm³/mol. The molecule has 0 heterocycles. The molecule has 0 radical (unpaired) electrons. The summed E-state index contributed by atoms with van der Waals surface area (Å²) >= 11 is 0. The molecule has 130 valence electrons. The third-order valence-corrected chi connectivity index (χ3v) is 2.88. The van der Waals surface area contributed by atoms with E-state index in [-0.39, 0.29) is 17.8 Å². The summed E-state index contributed by atoms with van der Waals surface area (Å²) in [7, 11) is 0.961. The summed E-state index contributed by atoms with van der Waals surface area (Å²) in [5.74, 6) is 0. The Hall–Kier alpha value is -2.04. The van der Waals surface area contributed by atoms with E-state index < -0.39 is 41.8 Å². The van der Waals surface area contributed by atoms with Crippen molar-refractivity contribution in [3.05, 3.63) is 29.3 Å². The summed E-state index contributed by atoms with van der Waals surface area (Å²) in [6.07, 6.45) is -13.6. The standard InChI is InChI=1S/C12H10F7NO3/c1-23-9(22)20-8-3-2-7(4-6(8)5-21)10(13,11(14,15)16)12(17,18)19/h2-4,21H,5H2,1H3,(H,20,22). The molecular weight excluding hydrogens is 339 g/mol. The van der Waals surface area contributed by atoms with Crippen LogP contribution in [0, 0.1) is 0 Å². The van der Waals surface area contributed by atoms with Crippen molar-refractivity contribution in [1.82, 2.24) is 0 Å². The molecule has 2 N–H and O–H groups in total. The first-order valence-electron chi connectivity index (χ1n) is 5.80. The van der Waals surface area contributed by atoms with Gasteiger partial charge in [0.25, 0.3) is 0 Å². The SMILES string of the molecule is COC(=O)Nc1ccc(C(F)(C(F)(F)F)C(F)(F)F)cc1CO. The molecule has 0 saturated carbocycles. The molecule has 0 saturated heterocycles. The van der Waals surface area contributed by atoms with Gasteiger partial charge in [-0.2, -0.15) is 26.3 Å². The van der Waals surface area contributed by atoms with Gasteiger partial charge in [0.2, 0.25) is 0 Å². The number of anilines is 1. The number of aliphatic hydroxyl groups excluding tert-OH is 1. The summed E-state index contributed by atoms with van der Waals surface area (Å²) in [4.78, 5) is 11.0. The lowest BCUT2D eigenvalue weighted by Crippen LogP contribution is -2.50. The second-order valence-corrected chi connectivity index (χ2v) is 4.30. The lowest BCUT2D eigenvalue weighted by Gasteiger charge is -2.30. The normalized spacial score (nSPS) is 12.9. The fourth-order valence-corrected chi connectivity index (χ4v) is 1.71. The van der Waals surface area contributed by atoms with Crippen LogP contribution in [-0.2, 0) is 17.0 Å². The Bertz CT molecular complexity index is 569. The topological polar surface area (TPSA) is 58.6 Å². The molecule has 1 aromatic rings. The highest BCUT2D eigenvalue weighted by Gasteiger charge is 2.73. The van der Waals surface area contributed by atoms with Crippen LogP contribution in [0.5, 0.6) is 0 Å². The lowest BCUT2D eigenvalue weighted by atomic mass is 9.92. The number of rotatable bonds is 3. The van der Waals surface area contributed by atoms with Crippen LogP contribution < -0.4 is 5.32 Å². The Morgan fingerprint density at radius 3 is 2.04 bits per heavy atom. The van der Waals surface area contributed by atoms with Crippen LogP contribution in [0.2, 0.25) is 0 Å². The molecule has 0 spiro atoms. The van der Waals surface area contributed by atoms with Crippen LogP contribution in [0.3, 0.4) is 0 Å². The van der Waals surface area contributed by atoms with Crippen LogP contribution in [0.15, 0.2) is 18.2 Å². The van der Waals surface area contributed by atoms with Crippen molar-refractivity contribution in [2.24, 2.45) is 0 Å². The fraction of sp³-hybridized carbons (Fsp3) is 0.417. The molecule has 1 aromatic carbocycles. The van der Waals surface area contributed by atoms with Crippen molar-refractivity contribution in [2.45, 2.75) is 24.6 Å². The Morgan fingerprint density at radius 1 is 1.13 bits per heavy atom. The molecule has 0 bridgehead atoms. The number of methoxy groups -OCH3 is 1. The molecular formula is C12H10F7NO3. The van der Waals surface area contributed by atoms with Gasteiger partial charge >= 0.3 is 24.1 Å². The molecule has 11 heteroatoms. The zero-order chi connectivity index (χ0) is 18.1. The number of hydrogen-bond acceptors (Lipinski definition) is 3. The van der Waals surface area contributed by atoms with Crippen molar-refractivity contribution in [3.8, 4) is 0 Å². The minimum atomic E-state index is -6.27. The van der Waals surface area contributed by atoms with Gasteiger partial charge in [0.05, 0.1) is 13.7 Å². The third-order valence-electron chi connectivity index (χ3n) is 2.88. The molecule has 23 heavy (non-hydrogen) atoms. The fourth-order valence-electron chi connectivity index (χ4n) is 1.71. The first-order chi connectivity index (χ1) is 10.4. The Kier molecular flexibility index (Phi) is 5.14. The van der Waals surface area contributed by atoms with Gasteiger partial charge in [0.1, 0.15) is 0 Å². The molecule has 0 aliphatic carbocycles. The minimum Gasteiger partial charge on any atom is -0.453 e. The number of halogens is 7. The number of amides is 1. The first kappa shape index (κ1) is 19.0. The first-order valence-corrected chi connectivity index (χ1v) is 5.80. The van der Waals surface area contributed by atoms with Gasteiger partial charge in [-0.1, -0.05) is 6.07 Å². The smallest absolute Gasteiger partial charge is 0.435 e. The number of alkyl halides is 7. The summed E-state index contributed by atoms with van der Waals surface area (Å²) in [6.45, 7) is -1.04. The number of nitrogens with one attached hydrogen (secondary N) is 1. The van der Waals surface area contributed by atoms with Crippen molar-refractivity contribution in [3.63, 3.8) is 0 Å². The number of carbonyl (C=O) groups excluding carboxylic acids is 1. The van der Waals surface area contributed by atoms with Crippen molar-refractivity contribution in [1.29, 1.82) is 0 Å². The number of carbonyl (C=O) groups is 1. The summed E-state index contributed by atoms with van der Waals surface area (Å²) < 4.78 is 93.9. The molecule has 0 aromatic heterocycles. The van der Waals surface area contributed by atoms with E-state index >= 15 is 0 Å². The van der Waals surface area contributed by atoms with E-state index in [1.54, 1.807) is 0 Å². The highest BCUT2D eigenvalue weighted by Crippen LogP contribution is 2.53. The third kappa shape index (κ3) is 3.49. The van der Waals surface area contributed by atoms with Crippen LogP contribution in [0.4, 0.5) is 41.2 Å². The molecule has 0 aliphatic heterocycles. The van der Waals surface area contributed by atoms with Gasteiger partial charge in [-0.3, -0.25) is 5.32 Å².